The zero-order valence-corrected chi connectivity index (χ0v) is 21.9. The summed E-state index contributed by atoms with van der Waals surface area (Å²) < 4.78 is 6.05. The molecule has 0 amide bonds. The molecule has 0 saturated carbocycles. The van der Waals surface area contributed by atoms with Crippen molar-refractivity contribution >= 4 is 23.4 Å². The molecular weight excluding hydrogens is 464 g/mol. The van der Waals surface area contributed by atoms with Crippen molar-refractivity contribution in [3.8, 4) is 17.2 Å². The summed E-state index contributed by atoms with van der Waals surface area (Å²) >= 11 is 0. The highest BCUT2D eigenvalue weighted by Crippen LogP contribution is 2.50. The summed E-state index contributed by atoms with van der Waals surface area (Å²) in [6, 6.07) is 0. The summed E-state index contributed by atoms with van der Waals surface area (Å²) in [6.45, 7) is 12.8. The molecule has 1 aromatic rings. The van der Waals surface area contributed by atoms with Crippen LogP contribution in [0, 0.1) is 17.3 Å². The van der Waals surface area contributed by atoms with Crippen molar-refractivity contribution in [2.24, 2.45) is 17.3 Å². The van der Waals surface area contributed by atoms with Crippen LogP contribution in [0.5, 0.6) is 17.2 Å². The molecule has 0 unspecified atom stereocenters. The largest absolute Gasteiger partial charge is 0.511 e. The third-order valence-corrected chi connectivity index (χ3v) is 6.64. The number of aliphatic hydroxyl groups is 2. The van der Waals surface area contributed by atoms with Crippen LogP contribution in [0.4, 0.5) is 0 Å². The number of fused-ring (bicyclic) bond motifs is 1. The minimum absolute atomic E-state index is 0.0267. The molecule has 0 spiro atoms. The number of ether oxygens (including phenoxy) is 1. The van der Waals surface area contributed by atoms with Crippen LogP contribution in [-0.2, 0) is 16.0 Å². The SMILES string of the molecule is CC(C)C(=O)C1=C(O)C(Cc2c(O)c(C(=O)C(C)C)c(O)c3c2OC(C)(C)C=C3)=C(O)C(C)(C)C1=O. The number of ketones is 3. The molecule has 1 heterocycles. The first kappa shape index (κ1) is 27.0. The van der Waals surface area contributed by atoms with Crippen LogP contribution in [0.2, 0.25) is 0 Å². The van der Waals surface area contributed by atoms with Crippen LogP contribution in [0.1, 0.15) is 76.9 Å². The standard InChI is InChI=1S/C28H34O8/c1-12(2)19(29)17-21(31)14-9-10-27(5,6)36-24(14)15(22(17)32)11-16-23(33)18(20(30)13(3)4)26(35)28(7,8)25(16)34/h9-10,12-13,31-34H,11H2,1-8H3. The molecule has 1 aliphatic carbocycles. The Labute approximate surface area is 210 Å². The van der Waals surface area contributed by atoms with E-state index in [-0.39, 0.29) is 34.4 Å². The Bertz CT molecular complexity index is 1270. The number of rotatable bonds is 6. The second-order valence-electron chi connectivity index (χ2n) is 11.1. The van der Waals surface area contributed by atoms with Crippen LogP contribution in [0.15, 0.2) is 28.7 Å². The molecule has 0 atom stereocenters. The number of carbonyl (C=O) groups excluding carboxylic acids is 3. The predicted molar refractivity (Wildman–Crippen MR) is 134 cm³/mol. The van der Waals surface area contributed by atoms with Crippen molar-refractivity contribution in [2.75, 3.05) is 0 Å². The van der Waals surface area contributed by atoms with Gasteiger partial charge in [-0.2, -0.15) is 0 Å². The molecule has 8 heteroatoms. The number of aliphatic hydroxyl groups excluding tert-OH is 2. The van der Waals surface area contributed by atoms with Crippen LogP contribution in [0.25, 0.3) is 6.08 Å². The average molecular weight is 499 g/mol. The lowest BCUT2D eigenvalue weighted by Gasteiger charge is -2.33. The van der Waals surface area contributed by atoms with Gasteiger partial charge in [-0.3, -0.25) is 14.4 Å². The summed E-state index contributed by atoms with van der Waals surface area (Å²) in [6.07, 6.45) is 2.90. The molecule has 4 N–H and O–H groups in total. The molecule has 0 fully saturated rings. The molecule has 194 valence electrons. The number of hydrogen-bond acceptors (Lipinski definition) is 8. The molecular formula is C28H34O8. The number of benzene rings is 1. The summed E-state index contributed by atoms with van der Waals surface area (Å²) in [5, 5.41) is 44.3. The van der Waals surface area contributed by atoms with Crippen molar-refractivity contribution < 1.29 is 39.5 Å². The highest BCUT2D eigenvalue weighted by Gasteiger charge is 2.46. The summed E-state index contributed by atoms with van der Waals surface area (Å²) in [5.74, 6) is -5.04. The van der Waals surface area contributed by atoms with Gasteiger partial charge >= 0.3 is 0 Å². The Morgan fingerprint density at radius 3 is 2.00 bits per heavy atom. The number of allylic oxidation sites excluding steroid dienone is 3. The predicted octanol–water partition coefficient (Wildman–Crippen LogP) is 5.12. The normalized spacial score (nSPS) is 18.6. The second kappa shape index (κ2) is 8.84. The first-order valence-electron chi connectivity index (χ1n) is 11.9. The average Bonchev–Trinajstić information content (AvgIpc) is 2.76. The number of phenolic OH excluding ortho intramolecular Hbond substituents is 2. The number of phenols is 2. The topological polar surface area (TPSA) is 141 Å². The van der Waals surface area contributed by atoms with E-state index in [1.54, 1.807) is 53.7 Å². The Kier molecular flexibility index (Phi) is 6.64. The molecule has 1 aliphatic heterocycles. The van der Waals surface area contributed by atoms with E-state index in [9.17, 15) is 34.8 Å². The smallest absolute Gasteiger partial charge is 0.183 e. The van der Waals surface area contributed by atoms with Gasteiger partial charge in [0.15, 0.2) is 17.3 Å². The lowest BCUT2D eigenvalue weighted by atomic mass is 9.72. The van der Waals surface area contributed by atoms with E-state index in [0.717, 1.165) is 0 Å². The third kappa shape index (κ3) is 4.18. The van der Waals surface area contributed by atoms with Gasteiger partial charge in [0.25, 0.3) is 0 Å². The van der Waals surface area contributed by atoms with Crippen molar-refractivity contribution in [1.82, 2.24) is 0 Å². The van der Waals surface area contributed by atoms with Crippen molar-refractivity contribution in [1.29, 1.82) is 0 Å². The van der Waals surface area contributed by atoms with Gasteiger partial charge in [0.05, 0.1) is 11.0 Å². The summed E-state index contributed by atoms with van der Waals surface area (Å²) in [7, 11) is 0. The van der Waals surface area contributed by atoms with Crippen LogP contribution >= 0.6 is 0 Å². The first-order chi connectivity index (χ1) is 16.4. The third-order valence-electron chi connectivity index (χ3n) is 6.64. The van der Waals surface area contributed by atoms with Gasteiger partial charge in [-0.25, -0.2) is 0 Å². The van der Waals surface area contributed by atoms with E-state index in [2.05, 4.69) is 0 Å². The maximum absolute atomic E-state index is 13.1. The molecule has 0 saturated heterocycles. The molecule has 3 rings (SSSR count). The van der Waals surface area contributed by atoms with E-state index in [4.69, 9.17) is 4.74 Å². The van der Waals surface area contributed by atoms with E-state index < -0.39 is 68.8 Å². The molecule has 2 aliphatic rings. The fourth-order valence-electron chi connectivity index (χ4n) is 4.34. The van der Waals surface area contributed by atoms with Gasteiger partial charge in [-0.05, 0) is 39.8 Å². The van der Waals surface area contributed by atoms with Gasteiger partial charge in [-0.1, -0.05) is 27.7 Å². The maximum Gasteiger partial charge on any atom is 0.183 e. The number of Topliss-reactive ketones (excluding diaryl/α,β-unsaturated/α-hetero) is 3. The lowest BCUT2D eigenvalue weighted by molar-refractivity contribution is -0.128. The van der Waals surface area contributed by atoms with Gasteiger partial charge in [-0.15, -0.1) is 0 Å². The Morgan fingerprint density at radius 2 is 1.47 bits per heavy atom. The fraction of sp³-hybridized carbons (Fsp3) is 0.464. The van der Waals surface area contributed by atoms with E-state index in [1.807, 2.05) is 0 Å². The highest BCUT2D eigenvalue weighted by atomic mass is 16.5. The Balaban J connectivity index is 2.36. The van der Waals surface area contributed by atoms with Gasteiger partial charge < -0.3 is 25.2 Å². The molecule has 8 nitrogen and oxygen atoms in total. The molecule has 1 aromatic carbocycles. The summed E-state index contributed by atoms with van der Waals surface area (Å²) in [4.78, 5) is 38.9. The minimum Gasteiger partial charge on any atom is -0.511 e. The number of carbonyl (C=O) groups is 3. The van der Waals surface area contributed by atoms with Crippen LogP contribution in [0.3, 0.4) is 0 Å². The Hall–Kier alpha value is -3.55. The molecule has 0 radical (unpaired) electrons. The molecule has 36 heavy (non-hydrogen) atoms. The monoisotopic (exact) mass is 498 g/mol. The summed E-state index contributed by atoms with van der Waals surface area (Å²) in [5.41, 5.74) is -3.04. The van der Waals surface area contributed by atoms with Crippen molar-refractivity contribution in [3.63, 3.8) is 0 Å². The van der Waals surface area contributed by atoms with Crippen LogP contribution in [-0.4, -0.2) is 43.4 Å². The molecule has 0 aromatic heterocycles. The minimum atomic E-state index is -1.52. The van der Waals surface area contributed by atoms with E-state index >= 15 is 0 Å². The second-order valence-corrected chi connectivity index (χ2v) is 11.1. The van der Waals surface area contributed by atoms with Crippen LogP contribution < -0.4 is 4.74 Å². The first-order valence-corrected chi connectivity index (χ1v) is 11.9. The fourth-order valence-corrected chi connectivity index (χ4v) is 4.34. The van der Waals surface area contributed by atoms with Gasteiger partial charge in [0.2, 0.25) is 0 Å². The number of hydrogen-bond donors (Lipinski definition) is 4. The van der Waals surface area contributed by atoms with Crippen molar-refractivity contribution in [3.05, 3.63) is 45.4 Å². The zero-order valence-electron chi connectivity index (χ0n) is 21.9. The number of aromatic hydroxyl groups is 2. The van der Waals surface area contributed by atoms with Gasteiger partial charge in [0.1, 0.15) is 45.5 Å². The Morgan fingerprint density at radius 1 is 0.917 bits per heavy atom. The highest BCUT2D eigenvalue weighted by molar-refractivity contribution is 6.24. The van der Waals surface area contributed by atoms with E-state index in [0.29, 0.717) is 0 Å². The maximum atomic E-state index is 13.1. The quantitative estimate of drug-likeness (QED) is 0.313. The molecule has 0 bridgehead atoms. The van der Waals surface area contributed by atoms with Gasteiger partial charge in [0, 0.05) is 29.4 Å². The van der Waals surface area contributed by atoms with E-state index in [1.165, 1.54) is 13.8 Å². The zero-order chi connectivity index (χ0) is 27.5. The lowest BCUT2D eigenvalue weighted by Crippen LogP contribution is -2.38. The van der Waals surface area contributed by atoms with Crippen molar-refractivity contribution in [2.45, 2.75) is 67.4 Å².